The molecule has 0 bridgehead atoms. The number of carboxylic acid groups (broad SMARTS) is 1. The molecule has 0 aliphatic carbocycles. The minimum absolute atomic E-state index is 0.413. The highest BCUT2D eigenvalue weighted by molar-refractivity contribution is 5.84. The number of para-hydroxylation sites is 2. The molecule has 0 aliphatic rings. The number of benzene rings is 2. The van der Waals surface area contributed by atoms with Gasteiger partial charge in [-0.3, -0.25) is 0 Å². The van der Waals surface area contributed by atoms with Gasteiger partial charge in [-0.05, 0) is 36.8 Å². The number of hydrogen-bond donors (Lipinski definition) is 2. The third-order valence-corrected chi connectivity index (χ3v) is 3.34. The Morgan fingerprint density at radius 3 is 2.38 bits per heavy atom. The van der Waals surface area contributed by atoms with Crippen LogP contribution in [0.15, 0.2) is 48.5 Å². The molecular weight excluding hydrogens is 273 g/mol. The molecule has 0 aliphatic heterocycles. The number of anilines is 1. The topological polar surface area (TPSA) is 58.6 Å². The van der Waals surface area contributed by atoms with E-state index in [1.807, 2.05) is 0 Å². The van der Waals surface area contributed by atoms with Crippen LogP contribution in [0.3, 0.4) is 0 Å². The maximum absolute atomic E-state index is 13.0. The van der Waals surface area contributed by atoms with E-state index in [9.17, 15) is 14.3 Å². The predicted molar refractivity (Wildman–Crippen MR) is 78.0 cm³/mol. The monoisotopic (exact) mass is 289 g/mol. The van der Waals surface area contributed by atoms with Gasteiger partial charge in [-0.15, -0.1) is 0 Å². The van der Waals surface area contributed by atoms with Crippen LogP contribution < -0.4 is 10.1 Å². The first-order valence-electron chi connectivity index (χ1n) is 6.38. The molecule has 1 atom stereocenters. The third-order valence-electron chi connectivity index (χ3n) is 3.34. The lowest BCUT2D eigenvalue weighted by molar-refractivity contribution is -0.142. The predicted octanol–water partition coefficient (Wildman–Crippen LogP) is 3.25. The van der Waals surface area contributed by atoms with Crippen molar-refractivity contribution in [1.29, 1.82) is 0 Å². The molecule has 5 heteroatoms. The maximum Gasteiger partial charge on any atom is 0.333 e. The Morgan fingerprint density at radius 1 is 1.19 bits per heavy atom. The Kier molecular flexibility index (Phi) is 4.12. The van der Waals surface area contributed by atoms with Gasteiger partial charge in [-0.25, -0.2) is 9.18 Å². The van der Waals surface area contributed by atoms with E-state index in [0.29, 0.717) is 17.0 Å². The van der Waals surface area contributed by atoms with Gasteiger partial charge in [0, 0.05) is 0 Å². The van der Waals surface area contributed by atoms with Gasteiger partial charge in [0.05, 0.1) is 12.8 Å². The van der Waals surface area contributed by atoms with E-state index in [-0.39, 0.29) is 0 Å². The average molecular weight is 289 g/mol. The first kappa shape index (κ1) is 14.8. The van der Waals surface area contributed by atoms with E-state index < -0.39 is 17.3 Å². The molecule has 0 aromatic heterocycles. The summed E-state index contributed by atoms with van der Waals surface area (Å²) in [6, 6.07) is 12.4. The Morgan fingerprint density at radius 2 is 1.81 bits per heavy atom. The highest BCUT2D eigenvalue weighted by atomic mass is 19.1. The van der Waals surface area contributed by atoms with Crippen molar-refractivity contribution in [3.8, 4) is 5.75 Å². The second kappa shape index (κ2) is 5.83. The molecule has 0 amide bonds. The number of carbonyl (C=O) groups is 1. The van der Waals surface area contributed by atoms with Crippen molar-refractivity contribution in [2.75, 3.05) is 12.4 Å². The molecule has 0 spiro atoms. The van der Waals surface area contributed by atoms with E-state index in [4.69, 9.17) is 4.74 Å². The quantitative estimate of drug-likeness (QED) is 0.887. The fraction of sp³-hybridized carbons (Fsp3) is 0.188. The van der Waals surface area contributed by atoms with Crippen LogP contribution in [0.1, 0.15) is 12.5 Å². The van der Waals surface area contributed by atoms with Crippen LogP contribution in [-0.4, -0.2) is 18.2 Å². The Labute approximate surface area is 122 Å². The standard InChI is InChI=1S/C16H16FNO3/c1-16(15(19)20,11-7-9-12(17)10-8-11)18-13-5-3-4-6-14(13)21-2/h3-10,18H,1-2H3,(H,19,20). The smallest absolute Gasteiger partial charge is 0.333 e. The lowest BCUT2D eigenvalue weighted by Crippen LogP contribution is -2.40. The van der Waals surface area contributed by atoms with Gasteiger partial charge in [-0.1, -0.05) is 24.3 Å². The molecule has 2 N–H and O–H groups in total. The van der Waals surface area contributed by atoms with Crippen LogP contribution in [0.25, 0.3) is 0 Å². The zero-order chi connectivity index (χ0) is 15.5. The minimum Gasteiger partial charge on any atom is -0.495 e. The van der Waals surface area contributed by atoms with Crippen molar-refractivity contribution in [3.05, 3.63) is 59.9 Å². The molecule has 2 aromatic carbocycles. The van der Waals surface area contributed by atoms with Gasteiger partial charge >= 0.3 is 5.97 Å². The van der Waals surface area contributed by atoms with Gasteiger partial charge in [0.1, 0.15) is 11.6 Å². The number of halogens is 1. The molecule has 0 saturated carbocycles. The lowest BCUT2D eigenvalue weighted by Gasteiger charge is -2.28. The molecule has 110 valence electrons. The van der Waals surface area contributed by atoms with Gasteiger partial charge in [0.2, 0.25) is 0 Å². The number of nitrogens with one attached hydrogen (secondary N) is 1. The van der Waals surface area contributed by atoms with Crippen molar-refractivity contribution >= 4 is 11.7 Å². The van der Waals surface area contributed by atoms with Crippen LogP contribution in [0.5, 0.6) is 5.75 Å². The van der Waals surface area contributed by atoms with Crippen LogP contribution in [-0.2, 0) is 10.3 Å². The summed E-state index contributed by atoms with van der Waals surface area (Å²) < 4.78 is 18.2. The summed E-state index contributed by atoms with van der Waals surface area (Å²) in [5.74, 6) is -0.948. The molecule has 4 nitrogen and oxygen atoms in total. The lowest BCUT2D eigenvalue weighted by atomic mass is 9.91. The highest BCUT2D eigenvalue weighted by Crippen LogP contribution is 2.32. The summed E-state index contributed by atoms with van der Waals surface area (Å²) >= 11 is 0. The van der Waals surface area contributed by atoms with Crippen molar-refractivity contribution in [2.45, 2.75) is 12.5 Å². The first-order valence-corrected chi connectivity index (χ1v) is 6.38. The molecule has 2 aromatic rings. The van der Waals surface area contributed by atoms with Crippen molar-refractivity contribution in [1.82, 2.24) is 0 Å². The zero-order valence-electron chi connectivity index (χ0n) is 11.8. The van der Waals surface area contributed by atoms with Crippen molar-refractivity contribution in [2.24, 2.45) is 0 Å². The first-order chi connectivity index (χ1) is 9.97. The molecule has 0 saturated heterocycles. The summed E-state index contributed by atoms with van der Waals surface area (Å²) in [4.78, 5) is 11.7. The van der Waals surface area contributed by atoms with E-state index >= 15 is 0 Å². The molecule has 0 heterocycles. The SMILES string of the molecule is COc1ccccc1NC(C)(C(=O)O)c1ccc(F)cc1. The number of rotatable bonds is 5. The van der Waals surface area contributed by atoms with E-state index in [1.165, 1.54) is 38.3 Å². The van der Waals surface area contributed by atoms with Crippen LogP contribution >= 0.6 is 0 Å². The van der Waals surface area contributed by atoms with Crippen LogP contribution in [0.4, 0.5) is 10.1 Å². The Balaban J connectivity index is 2.43. The van der Waals surface area contributed by atoms with Gasteiger partial charge in [-0.2, -0.15) is 0 Å². The summed E-state index contributed by atoms with van der Waals surface area (Å²) in [6.07, 6.45) is 0. The number of hydrogen-bond acceptors (Lipinski definition) is 3. The molecule has 0 radical (unpaired) electrons. The molecule has 1 unspecified atom stereocenters. The number of aliphatic carboxylic acids is 1. The normalized spacial score (nSPS) is 13.3. The number of ether oxygens (including phenoxy) is 1. The van der Waals surface area contributed by atoms with E-state index in [1.54, 1.807) is 24.3 Å². The van der Waals surface area contributed by atoms with Gasteiger partial charge in [0.15, 0.2) is 5.54 Å². The average Bonchev–Trinajstić information content (AvgIpc) is 2.48. The summed E-state index contributed by atoms with van der Waals surface area (Å²) in [5, 5.41) is 12.5. The number of carboxylic acids is 1. The fourth-order valence-electron chi connectivity index (χ4n) is 2.05. The highest BCUT2D eigenvalue weighted by Gasteiger charge is 2.35. The third kappa shape index (κ3) is 2.97. The van der Waals surface area contributed by atoms with Crippen LogP contribution in [0.2, 0.25) is 0 Å². The molecule has 21 heavy (non-hydrogen) atoms. The van der Waals surface area contributed by atoms with Gasteiger partial charge in [0.25, 0.3) is 0 Å². The maximum atomic E-state index is 13.0. The second-order valence-corrected chi connectivity index (χ2v) is 4.76. The summed E-state index contributed by atoms with van der Waals surface area (Å²) in [6.45, 7) is 1.52. The Bertz CT molecular complexity index is 642. The van der Waals surface area contributed by atoms with E-state index in [2.05, 4.69) is 5.32 Å². The Hall–Kier alpha value is -2.56. The molecule has 2 rings (SSSR count). The largest absolute Gasteiger partial charge is 0.495 e. The molecular formula is C16H16FNO3. The van der Waals surface area contributed by atoms with Gasteiger partial charge < -0.3 is 15.2 Å². The fourth-order valence-corrected chi connectivity index (χ4v) is 2.05. The minimum atomic E-state index is -1.40. The number of methoxy groups -OCH3 is 1. The summed E-state index contributed by atoms with van der Waals surface area (Å²) in [5.41, 5.74) is -0.404. The molecule has 0 fully saturated rings. The summed E-state index contributed by atoms with van der Waals surface area (Å²) in [7, 11) is 1.51. The van der Waals surface area contributed by atoms with Crippen molar-refractivity contribution < 1.29 is 19.0 Å². The second-order valence-electron chi connectivity index (χ2n) is 4.76. The van der Waals surface area contributed by atoms with Crippen molar-refractivity contribution in [3.63, 3.8) is 0 Å². The van der Waals surface area contributed by atoms with Crippen LogP contribution in [0, 0.1) is 5.82 Å². The van der Waals surface area contributed by atoms with E-state index in [0.717, 1.165) is 0 Å². The zero-order valence-corrected chi connectivity index (χ0v) is 11.8.